The molecule has 19 heavy (non-hydrogen) atoms. The Bertz CT molecular complexity index is 586. The number of nitrogens with zero attached hydrogens (tertiary/aromatic N) is 2. The third-order valence-electron chi connectivity index (χ3n) is 2.63. The van der Waals surface area contributed by atoms with Gasteiger partial charge in [0.25, 0.3) is 5.91 Å². The minimum atomic E-state index is -0.120. The van der Waals surface area contributed by atoms with Crippen molar-refractivity contribution >= 4 is 40.4 Å². The molecule has 0 fully saturated rings. The Hall–Kier alpha value is -1.10. The van der Waals surface area contributed by atoms with Gasteiger partial charge < -0.3 is 4.90 Å². The number of aromatic nitrogens is 1. The van der Waals surface area contributed by atoms with Crippen molar-refractivity contribution in [1.82, 2.24) is 9.88 Å². The fourth-order valence-corrected chi connectivity index (χ4v) is 2.97. The zero-order valence-electron chi connectivity index (χ0n) is 10.3. The predicted octanol–water partition coefficient (Wildman–Crippen LogP) is 4.11. The molecule has 0 spiro atoms. The standard InChI is InChI=1S/C13H12Cl2N2OS/c1-2-17(8-9-5-6-11(14)19-9)13(18)10-4-3-7-16-12(10)15/h3-7H,2,8H2,1H3. The second-order valence-corrected chi connectivity index (χ2v) is 6.02. The van der Waals surface area contributed by atoms with Crippen LogP contribution in [-0.4, -0.2) is 22.3 Å². The Morgan fingerprint density at radius 1 is 1.37 bits per heavy atom. The maximum absolute atomic E-state index is 12.4. The molecule has 2 aromatic heterocycles. The fourth-order valence-electron chi connectivity index (χ4n) is 1.67. The summed E-state index contributed by atoms with van der Waals surface area (Å²) in [5, 5.41) is 0.232. The van der Waals surface area contributed by atoms with Gasteiger partial charge in [0, 0.05) is 17.6 Å². The lowest BCUT2D eigenvalue weighted by molar-refractivity contribution is 0.0754. The minimum absolute atomic E-state index is 0.120. The lowest BCUT2D eigenvalue weighted by Crippen LogP contribution is -2.30. The van der Waals surface area contributed by atoms with Crippen molar-refractivity contribution in [2.24, 2.45) is 0 Å². The first-order valence-electron chi connectivity index (χ1n) is 5.75. The van der Waals surface area contributed by atoms with Crippen LogP contribution in [0.2, 0.25) is 9.49 Å². The summed E-state index contributed by atoms with van der Waals surface area (Å²) < 4.78 is 0.720. The fraction of sp³-hybridized carbons (Fsp3) is 0.231. The highest BCUT2D eigenvalue weighted by atomic mass is 35.5. The number of hydrogen-bond donors (Lipinski definition) is 0. The average Bonchev–Trinajstić information content (AvgIpc) is 2.81. The Morgan fingerprint density at radius 3 is 2.74 bits per heavy atom. The van der Waals surface area contributed by atoms with Gasteiger partial charge >= 0.3 is 0 Å². The van der Waals surface area contributed by atoms with Gasteiger partial charge in [-0.25, -0.2) is 4.98 Å². The van der Waals surface area contributed by atoms with E-state index in [1.54, 1.807) is 23.2 Å². The first kappa shape index (κ1) is 14.3. The van der Waals surface area contributed by atoms with Crippen molar-refractivity contribution in [2.45, 2.75) is 13.5 Å². The molecule has 1 amide bonds. The molecule has 3 nitrogen and oxygen atoms in total. The van der Waals surface area contributed by atoms with Crippen molar-refractivity contribution < 1.29 is 4.79 Å². The van der Waals surface area contributed by atoms with Crippen molar-refractivity contribution in [3.05, 3.63) is 50.4 Å². The van der Waals surface area contributed by atoms with Crippen molar-refractivity contribution in [1.29, 1.82) is 0 Å². The molecule has 2 rings (SSSR count). The van der Waals surface area contributed by atoms with Gasteiger partial charge in [-0.1, -0.05) is 23.2 Å². The van der Waals surface area contributed by atoms with Crippen LogP contribution in [0.5, 0.6) is 0 Å². The van der Waals surface area contributed by atoms with Crippen molar-refractivity contribution in [3.63, 3.8) is 0 Å². The summed E-state index contributed by atoms with van der Waals surface area (Å²) in [6.45, 7) is 3.05. The van der Waals surface area contributed by atoms with E-state index in [9.17, 15) is 4.79 Å². The topological polar surface area (TPSA) is 33.2 Å². The highest BCUT2D eigenvalue weighted by Crippen LogP contribution is 2.24. The molecule has 100 valence electrons. The summed E-state index contributed by atoms with van der Waals surface area (Å²) in [5.41, 5.74) is 0.425. The highest BCUT2D eigenvalue weighted by molar-refractivity contribution is 7.16. The third-order valence-corrected chi connectivity index (χ3v) is 4.15. The van der Waals surface area contributed by atoms with Gasteiger partial charge in [0.2, 0.25) is 0 Å². The van der Waals surface area contributed by atoms with E-state index < -0.39 is 0 Å². The molecular formula is C13H12Cl2N2OS. The second kappa shape index (κ2) is 6.37. The van der Waals surface area contributed by atoms with Gasteiger partial charge in [-0.15, -0.1) is 11.3 Å². The second-order valence-electron chi connectivity index (χ2n) is 3.87. The van der Waals surface area contributed by atoms with Crippen molar-refractivity contribution in [2.75, 3.05) is 6.54 Å². The summed E-state index contributed by atoms with van der Waals surface area (Å²) in [4.78, 5) is 19.1. The first-order chi connectivity index (χ1) is 9.11. The van der Waals surface area contributed by atoms with Crippen LogP contribution in [0, 0.1) is 0 Å². The molecule has 0 saturated heterocycles. The van der Waals surface area contributed by atoms with E-state index in [1.165, 1.54) is 11.3 Å². The molecule has 0 aliphatic carbocycles. The van der Waals surface area contributed by atoms with E-state index in [0.717, 1.165) is 9.21 Å². The maximum Gasteiger partial charge on any atom is 0.257 e. The molecule has 0 aliphatic heterocycles. The molecule has 0 aromatic carbocycles. The lowest BCUT2D eigenvalue weighted by Gasteiger charge is -2.20. The molecule has 2 heterocycles. The van der Waals surface area contributed by atoms with E-state index in [2.05, 4.69) is 4.98 Å². The molecule has 6 heteroatoms. The first-order valence-corrected chi connectivity index (χ1v) is 7.33. The number of thiophene rings is 1. The normalized spacial score (nSPS) is 10.5. The lowest BCUT2D eigenvalue weighted by atomic mass is 10.2. The highest BCUT2D eigenvalue weighted by Gasteiger charge is 2.18. The van der Waals surface area contributed by atoms with E-state index in [-0.39, 0.29) is 11.1 Å². The van der Waals surface area contributed by atoms with E-state index in [1.807, 2.05) is 19.1 Å². The number of rotatable bonds is 4. The molecule has 0 aliphatic rings. The average molecular weight is 315 g/mol. The van der Waals surface area contributed by atoms with Gasteiger partial charge in [-0.2, -0.15) is 0 Å². The zero-order chi connectivity index (χ0) is 13.8. The van der Waals surface area contributed by atoms with Gasteiger partial charge in [0.15, 0.2) is 0 Å². The Balaban J connectivity index is 2.18. The molecule has 0 saturated carbocycles. The number of carbonyl (C=O) groups is 1. The van der Waals surface area contributed by atoms with Crippen LogP contribution < -0.4 is 0 Å². The summed E-state index contributed by atoms with van der Waals surface area (Å²) in [5.74, 6) is -0.120. The number of hydrogen-bond acceptors (Lipinski definition) is 3. The smallest absolute Gasteiger partial charge is 0.257 e. The van der Waals surface area contributed by atoms with Gasteiger partial charge in [-0.05, 0) is 31.2 Å². The van der Waals surface area contributed by atoms with Crippen LogP contribution in [-0.2, 0) is 6.54 Å². The molecule has 0 unspecified atom stereocenters. The van der Waals surface area contributed by atoms with Crippen molar-refractivity contribution in [3.8, 4) is 0 Å². The predicted molar refractivity (Wildman–Crippen MR) is 79.0 cm³/mol. The largest absolute Gasteiger partial charge is 0.334 e. The monoisotopic (exact) mass is 314 g/mol. The number of halogens is 2. The Kier molecular flexibility index (Phi) is 4.80. The molecular weight excluding hydrogens is 303 g/mol. The number of pyridine rings is 1. The van der Waals surface area contributed by atoms with Crippen LogP contribution in [0.1, 0.15) is 22.2 Å². The van der Waals surface area contributed by atoms with Crippen LogP contribution in [0.3, 0.4) is 0 Å². The molecule has 2 aromatic rings. The van der Waals surface area contributed by atoms with E-state index >= 15 is 0 Å². The van der Waals surface area contributed by atoms with E-state index in [0.29, 0.717) is 18.7 Å². The van der Waals surface area contributed by atoms with Crippen LogP contribution >= 0.6 is 34.5 Å². The Labute approximate surface area is 125 Å². The van der Waals surface area contributed by atoms with E-state index in [4.69, 9.17) is 23.2 Å². The summed E-state index contributed by atoms with van der Waals surface area (Å²) in [7, 11) is 0. The third kappa shape index (κ3) is 3.47. The van der Waals surface area contributed by atoms with Crippen LogP contribution in [0.15, 0.2) is 30.5 Å². The number of amides is 1. The zero-order valence-corrected chi connectivity index (χ0v) is 12.6. The molecule has 0 bridgehead atoms. The Morgan fingerprint density at radius 2 is 2.16 bits per heavy atom. The summed E-state index contributed by atoms with van der Waals surface area (Å²) in [6.07, 6.45) is 1.56. The van der Waals surface area contributed by atoms with Gasteiger partial charge in [0.1, 0.15) is 5.15 Å². The SMILES string of the molecule is CCN(Cc1ccc(Cl)s1)C(=O)c1cccnc1Cl. The number of carbonyl (C=O) groups excluding carboxylic acids is 1. The van der Waals surface area contributed by atoms with Crippen LogP contribution in [0.25, 0.3) is 0 Å². The quantitative estimate of drug-likeness (QED) is 0.796. The molecule has 0 radical (unpaired) electrons. The van der Waals surface area contributed by atoms with Crippen LogP contribution in [0.4, 0.5) is 0 Å². The minimum Gasteiger partial charge on any atom is -0.334 e. The molecule has 0 N–H and O–H groups in total. The summed E-state index contributed by atoms with van der Waals surface area (Å²) >= 11 is 13.3. The maximum atomic E-state index is 12.4. The van der Waals surface area contributed by atoms with Gasteiger partial charge in [-0.3, -0.25) is 4.79 Å². The molecule has 0 atom stereocenters. The summed E-state index contributed by atoms with van der Waals surface area (Å²) in [6, 6.07) is 7.14. The van der Waals surface area contributed by atoms with Gasteiger partial charge in [0.05, 0.1) is 16.4 Å².